The Morgan fingerprint density at radius 1 is 1.08 bits per heavy atom. The highest BCUT2D eigenvalue weighted by Crippen LogP contribution is 2.48. The molecule has 0 saturated carbocycles. The van der Waals surface area contributed by atoms with E-state index in [4.69, 9.17) is 17.0 Å². The number of rotatable bonds is 8. The number of hydrogen-bond acceptors (Lipinski definition) is 4. The summed E-state index contributed by atoms with van der Waals surface area (Å²) in [6, 6.07) is 8.12. The predicted octanol–water partition coefficient (Wildman–Crippen LogP) is 6.83. The maximum atomic E-state index is 14.1. The van der Waals surface area contributed by atoms with Gasteiger partial charge in [0.05, 0.1) is 24.3 Å². The van der Waals surface area contributed by atoms with Crippen LogP contribution in [0.25, 0.3) is 6.08 Å². The summed E-state index contributed by atoms with van der Waals surface area (Å²) >= 11 is 5.76. The Bertz CT molecular complexity index is 1200. The Kier molecular flexibility index (Phi) is 10.7. The number of carbonyl (C=O) groups excluding carboxylic acids is 1. The van der Waals surface area contributed by atoms with Crippen LogP contribution in [0.3, 0.4) is 0 Å². The van der Waals surface area contributed by atoms with Gasteiger partial charge >= 0.3 is 12.4 Å². The molecule has 1 amide bonds. The van der Waals surface area contributed by atoms with Gasteiger partial charge in [-0.05, 0) is 54.5 Å². The molecule has 5 nitrogen and oxygen atoms in total. The molecule has 0 unspecified atom stereocenters. The first-order chi connectivity index (χ1) is 18.4. The first-order valence-corrected chi connectivity index (χ1v) is 13.3. The molecule has 0 aromatic heterocycles. The molecule has 13 heteroatoms. The van der Waals surface area contributed by atoms with E-state index in [0.29, 0.717) is 29.1 Å². The van der Waals surface area contributed by atoms with Crippen LogP contribution in [0.4, 0.5) is 32.0 Å². The minimum Gasteiger partial charge on any atom is -0.378 e. The number of alkyl halides is 6. The third-order valence-corrected chi connectivity index (χ3v) is 6.93. The number of nitrogens with zero attached hydrogens (tertiary/aromatic N) is 1. The number of carbonyl (C=O) groups is 1. The monoisotopic (exact) mass is 591 g/mol. The zero-order valence-corrected chi connectivity index (χ0v) is 22.5. The number of thiocarbonyl (C=S) groups is 1. The van der Waals surface area contributed by atoms with Crippen molar-refractivity contribution in [1.29, 1.82) is 0 Å². The lowest BCUT2D eigenvalue weighted by molar-refractivity contribution is -0.163. The molecule has 1 saturated heterocycles. The van der Waals surface area contributed by atoms with Crippen LogP contribution in [0.2, 0.25) is 0 Å². The van der Waals surface area contributed by atoms with E-state index in [1.165, 1.54) is 17.0 Å². The van der Waals surface area contributed by atoms with Gasteiger partial charge in [0.1, 0.15) is 0 Å². The van der Waals surface area contributed by atoms with Gasteiger partial charge in [-0.25, -0.2) is 0 Å². The van der Waals surface area contributed by atoms with Gasteiger partial charge in [-0.2, -0.15) is 26.3 Å². The lowest BCUT2D eigenvalue weighted by atomic mass is 9.99. The summed E-state index contributed by atoms with van der Waals surface area (Å²) in [6.07, 6.45) is -7.15. The summed E-state index contributed by atoms with van der Waals surface area (Å²) in [5.41, 5.74) is -3.93. The van der Waals surface area contributed by atoms with Crippen LogP contribution in [0, 0.1) is 0 Å². The smallest absolute Gasteiger partial charge is 0.378 e. The van der Waals surface area contributed by atoms with Crippen LogP contribution in [0.15, 0.2) is 52.3 Å². The molecule has 2 aromatic rings. The molecule has 2 N–H and O–H groups in total. The lowest BCUT2D eigenvalue weighted by Gasteiger charge is -2.25. The second kappa shape index (κ2) is 13.5. The standard InChI is InChI=1S/C26H27F6N3O2S2/c1-2-3-11-33-24(38)34-18-5-4-6-19(16-18)39-20-9-7-17(8-10-21(36)35-12-14-37-15-13-35)22(25(27,28)29)23(20)26(30,31)32/h4-10,16H,2-3,11-15H2,1H3,(H2,33,34,38). The fourth-order valence-corrected chi connectivity index (χ4v) is 5.04. The van der Waals surface area contributed by atoms with E-state index in [0.717, 1.165) is 37.1 Å². The van der Waals surface area contributed by atoms with Crippen molar-refractivity contribution in [3.05, 3.63) is 59.2 Å². The van der Waals surface area contributed by atoms with Gasteiger partial charge in [0.25, 0.3) is 0 Å². The lowest BCUT2D eigenvalue weighted by Crippen LogP contribution is -2.39. The molecule has 0 radical (unpaired) electrons. The Labute approximate surface area is 232 Å². The molecule has 3 rings (SSSR count). The van der Waals surface area contributed by atoms with E-state index < -0.39 is 39.8 Å². The van der Waals surface area contributed by atoms with Gasteiger partial charge in [0, 0.05) is 41.2 Å². The summed E-state index contributed by atoms with van der Waals surface area (Å²) in [6.45, 7) is 3.69. The first kappa shape index (κ1) is 30.8. The molecular weight excluding hydrogens is 564 g/mol. The molecule has 2 aromatic carbocycles. The molecule has 1 fully saturated rings. The Morgan fingerprint density at radius 2 is 1.77 bits per heavy atom. The highest BCUT2D eigenvalue weighted by Gasteiger charge is 2.46. The molecule has 212 valence electrons. The minimum atomic E-state index is -5.33. The number of anilines is 1. The van der Waals surface area contributed by atoms with Crippen molar-refractivity contribution < 1.29 is 35.9 Å². The third-order valence-electron chi connectivity index (χ3n) is 5.63. The second-order valence-electron chi connectivity index (χ2n) is 8.53. The summed E-state index contributed by atoms with van der Waals surface area (Å²) in [7, 11) is 0. The van der Waals surface area contributed by atoms with Crippen LogP contribution in [0.1, 0.15) is 36.5 Å². The van der Waals surface area contributed by atoms with E-state index >= 15 is 0 Å². The van der Waals surface area contributed by atoms with Crippen LogP contribution in [-0.2, 0) is 21.9 Å². The Morgan fingerprint density at radius 3 is 2.41 bits per heavy atom. The van der Waals surface area contributed by atoms with E-state index in [9.17, 15) is 31.1 Å². The fraction of sp³-hybridized carbons (Fsp3) is 0.385. The number of hydrogen-bond donors (Lipinski definition) is 2. The zero-order chi connectivity index (χ0) is 28.6. The largest absolute Gasteiger partial charge is 0.418 e. The van der Waals surface area contributed by atoms with E-state index in [2.05, 4.69) is 10.6 Å². The van der Waals surface area contributed by atoms with E-state index in [1.54, 1.807) is 12.1 Å². The number of benzene rings is 2. The maximum absolute atomic E-state index is 14.1. The van der Waals surface area contributed by atoms with Gasteiger partial charge in [0.15, 0.2) is 5.11 Å². The van der Waals surface area contributed by atoms with Crippen molar-refractivity contribution in [2.45, 2.75) is 41.9 Å². The first-order valence-electron chi connectivity index (χ1n) is 12.1. The normalized spacial score (nSPS) is 14.5. The number of unbranched alkanes of at least 4 members (excludes halogenated alkanes) is 1. The number of halogens is 6. The van der Waals surface area contributed by atoms with Crippen LogP contribution in [-0.4, -0.2) is 48.8 Å². The van der Waals surface area contributed by atoms with Crippen molar-refractivity contribution in [2.24, 2.45) is 0 Å². The summed E-state index contributed by atoms with van der Waals surface area (Å²) < 4.78 is 89.8. The highest BCUT2D eigenvalue weighted by molar-refractivity contribution is 7.99. The van der Waals surface area contributed by atoms with Gasteiger partial charge in [-0.15, -0.1) is 0 Å². The van der Waals surface area contributed by atoms with Crippen molar-refractivity contribution >= 4 is 46.8 Å². The number of morpholine rings is 1. The number of amides is 1. The molecule has 1 heterocycles. The quantitative estimate of drug-likeness (QED) is 0.152. The van der Waals surface area contributed by atoms with Crippen LogP contribution in [0.5, 0.6) is 0 Å². The molecule has 0 aliphatic carbocycles. The van der Waals surface area contributed by atoms with Crippen LogP contribution < -0.4 is 10.6 Å². The number of ether oxygens (including phenoxy) is 1. The fourth-order valence-electron chi connectivity index (χ4n) is 3.78. The van der Waals surface area contributed by atoms with Gasteiger partial charge in [0.2, 0.25) is 5.91 Å². The zero-order valence-electron chi connectivity index (χ0n) is 20.9. The molecular formula is C26H27F6N3O2S2. The molecule has 0 bridgehead atoms. The predicted molar refractivity (Wildman–Crippen MR) is 143 cm³/mol. The van der Waals surface area contributed by atoms with Crippen molar-refractivity contribution in [1.82, 2.24) is 10.2 Å². The molecule has 1 aliphatic rings. The molecule has 0 atom stereocenters. The van der Waals surface area contributed by atoms with E-state index in [-0.39, 0.29) is 31.2 Å². The average Bonchev–Trinajstić information content (AvgIpc) is 2.87. The topological polar surface area (TPSA) is 53.6 Å². The Balaban J connectivity index is 1.94. The van der Waals surface area contributed by atoms with Crippen LogP contribution >= 0.6 is 24.0 Å². The van der Waals surface area contributed by atoms with Gasteiger partial charge < -0.3 is 20.3 Å². The van der Waals surface area contributed by atoms with Gasteiger partial charge in [-0.1, -0.05) is 37.2 Å². The van der Waals surface area contributed by atoms with Crippen molar-refractivity contribution in [2.75, 3.05) is 38.2 Å². The second-order valence-corrected chi connectivity index (χ2v) is 10.1. The summed E-state index contributed by atoms with van der Waals surface area (Å²) in [4.78, 5) is 13.4. The summed E-state index contributed by atoms with van der Waals surface area (Å²) in [5.74, 6) is -0.607. The average molecular weight is 592 g/mol. The van der Waals surface area contributed by atoms with E-state index in [1.807, 2.05) is 6.92 Å². The van der Waals surface area contributed by atoms with Gasteiger partial charge in [-0.3, -0.25) is 4.79 Å². The molecule has 1 aliphatic heterocycles. The maximum Gasteiger partial charge on any atom is 0.418 e. The molecule has 0 spiro atoms. The third kappa shape index (κ3) is 8.87. The summed E-state index contributed by atoms with van der Waals surface area (Å²) in [5, 5.41) is 6.25. The minimum absolute atomic E-state index is 0.242. The SMILES string of the molecule is CCCCNC(=S)Nc1cccc(Sc2ccc(C=CC(=O)N3CCOCC3)c(C(F)(F)F)c2C(F)(F)F)c1. The molecule has 39 heavy (non-hydrogen) atoms. The highest BCUT2D eigenvalue weighted by atomic mass is 32.2. The number of nitrogens with one attached hydrogen (secondary N) is 2. The van der Waals surface area contributed by atoms with Crippen molar-refractivity contribution in [3.8, 4) is 0 Å². The van der Waals surface area contributed by atoms with Crippen molar-refractivity contribution in [3.63, 3.8) is 0 Å². The Hall–Kier alpha value is -2.77.